The van der Waals surface area contributed by atoms with E-state index in [0.717, 1.165) is 0 Å². The van der Waals surface area contributed by atoms with Gasteiger partial charge in [-0.1, -0.05) is 34.1 Å². The van der Waals surface area contributed by atoms with E-state index in [9.17, 15) is 13.2 Å². The van der Waals surface area contributed by atoms with Gasteiger partial charge < -0.3 is 0 Å². The molecule has 0 aromatic heterocycles. The van der Waals surface area contributed by atoms with E-state index in [1.54, 1.807) is 0 Å². The van der Waals surface area contributed by atoms with Gasteiger partial charge in [-0.05, 0) is 12.3 Å². The summed E-state index contributed by atoms with van der Waals surface area (Å²) in [4.78, 5) is 0. The molecule has 0 spiro atoms. The lowest BCUT2D eigenvalue weighted by Gasteiger charge is -2.28. The van der Waals surface area contributed by atoms with Crippen LogP contribution in [0.4, 0.5) is 13.2 Å². The lowest BCUT2D eigenvalue weighted by molar-refractivity contribution is -0.214. The van der Waals surface area contributed by atoms with Crippen molar-refractivity contribution in [1.82, 2.24) is 0 Å². The molecule has 3 heteroatoms. The predicted octanol–water partition coefficient (Wildman–Crippen LogP) is 4.01. The number of halogens is 3. The molecule has 0 saturated heterocycles. The minimum absolute atomic E-state index is 0.216. The summed E-state index contributed by atoms with van der Waals surface area (Å²) in [6, 6.07) is 0. The molecule has 0 amide bonds. The molecule has 0 radical (unpaired) electrons. The molecule has 0 nitrogen and oxygen atoms in total. The Labute approximate surface area is 72.2 Å². The number of alkyl halides is 3. The summed E-state index contributed by atoms with van der Waals surface area (Å²) in [5.74, 6) is 0.339. The second kappa shape index (κ2) is 3.67. The van der Waals surface area contributed by atoms with Gasteiger partial charge in [-0.2, -0.15) is 13.2 Å². The third-order valence-corrected chi connectivity index (χ3v) is 2.11. The van der Waals surface area contributed by atoms with Crippen molar-refractivity contribution in [3.8, 4) is 0 Å². The van der Waals surface area contributed by atoms with Crippen molar-refractivity contribution in [3.63, 3.8) is 0 Å². The van der Waals surface area contributed by atoms with Crippen molar-refractivity contribution in [2.75, 3.05) is 0 Å². The highest BCUT2D eigenvalue weighted by molar-refractivity contribution is 4.77. The van der Waals surface area contributed by atoms with E-state index in [4.69, 9.17) is 0 Å². The molecule has 0 N–H and O–H groups in total. The van der Waals surface area contributed by atoms with Crippen LogP contribution in [0, 0.1) is 11.3 Å². The molecular formula is C9H17F3. The normalized spacial score (nSPS) is 14.0. The Morgan fingerprint density at radius 3 is 1.75 bits per heavy atom. The molecule has 0 aliphatic carbocycles. The van der Waals surface area contributed by atoms with Crippen LogP contribution in [0.1, 0.15) is 40.5 Å². The van der Waals surface area contributed by atoms with Gasteiger partial charge in [-0.15, -0.1) is 0 Å². The molecule has 0 fully saturated rings. The van der Waals surface area contributed by atoms with Crippen LogP contribution in [0.5, 0.6) is 0 Å². The van der Waals surface area contributed by atoms with Gasteiger partial charge in [0.1, 0.15) is 0 Å². The molecule has 0 aromatic rings. The monoisotopic (exact) mass is 182 g/mol. The van der Waals surface area contributed by atoms with Gasteiger partial charge >= 0.3 is 6.18 Å². The molecule has 0 aliphatic heterocycles. The highest BCUT2D eigenvalue weighted by atomic mass is 19.4. The molecular weight excluding hydrogens is 165 g/mol. The average Bonchev–Trinajstić information content (AvgIpc) is 1.81. The van der Waals surface area contributed by atoms with Crippen molar-refractivity contribution >= 4 is 0 Å². The third kappa shape index (κ3) is 3.46. The van der Waals surface area contributed by atoms with Gasteiger partial charge in [0.2, 0.25) is 0 Å². The highest BCUT2D eigenvalue weighted by Gasteiger charge is 2.46. The third-order valence-electron chi connectivity index (χ3n) is 2.11. The molecule has 12 heavy (non-hydrogen) atoms. The lowest BCUT2D eigenvalue weighted by atomic mass is 9.85. The fourth-order valence-corrected chi connectivity index (χ4v) is 0.791. The summed E-state index contributed by atoms with van der Waals surface area (Å²) in [5, 5.41) is 0. The van der Waals surface area contributed by atoms with Crippen LogP contribution in [-0.2, 0) is 0 Å². The van der Waals surface area contributed by atoms with Crippen LogP contribution in [-0.4, -0.2) is 6.18 Å². The second-order valence-electron chi connectivity index (χ2n) is 4.31. The van der Waals surface area contributed by atoms with E-state index < -0.39 is 11.6 Å². The van der Waals surface area contributed by atoms with Crippen LogP contribution in [0.25, 0.3) is 0 Å². The van der Waals surface area contributed by atoms with Crippen molar-refractivity contribution in [1.29, 1.82) is 0 Å². The van der Waals surface area contributed by atoms with E-state index in [-0.39, 0.29) is 6.42 Å². The standard InChI is InChI=1S/C9H17F3/c1-7(2)5-6-8(3,4)9(10,11)12/h7H,5-6H2,1-4H3. The molecule has 74 valence electrons. The molecule has 0 rings (SSSR count). The first-order valence-electron chi connectivity index (χ1n) is 4.23. The van der Waals surface area contributed by atoms with Gasteiger partial charge in [0.15, 0.2) is 0 Å². The SMILES string of the molecule is CC(C)CCC(C)(C)C(F)(F)F. The first kappa shape index (κ1) is 11.8. The Morgan fingerprint density at radius 1 is 1.08 bits per heavy atom. The number of rotatable bonds is 3. The van der Waals surface area contributed by atoms with Gasteiger partial charge in [-0.3, -0.25) is 0 Å². The minimum atomic E-state index is -4.07. The highest BCUT2D eigenvalue weighted by Crippen LogP contribution is 2.41. The van der Waals surface area contributed by atoms with Gasteiger partial charge in [0.25, 0.3) is 0 Å². The lowest BCUT2D eigenvalue weighted by Crippen LogP contribution is -2.32. The Balaban J connectivity index is 4.05. The molecule has 0 unspecified atom stereocenters. The number of hydrogen-bond acceptors (Lipinski definition) is 0. The van der Waals surface area contributed by atoms with E-state index >= 15 is 0 Å². The predicted molar refractivity (Wildman–Crippen MR) is 43.9 cm³/mol. The fraction of sp³-hybridized carbons (Fsp3) is 1.00. The Bertz CT molecular complexity index is 133. The first-order chi connectivity index (χ1) is 5.17. The zero-order valence-corrected chi connectivity index (χ0v) is 8.13. The van der Waals surface area contributed by atoms with Gasteiger partial charge in [0, 0.05) is 0 Å². The zero-order valence-electron chi connectivity index (χ0n) is 8.13. The zero-order chi connectivity index (χ0) is 9.99. The van der Waals surface area contributed by atoms with E-state index in [2.05, 4.69) is 0 Å². The van der Waals surface area contributed by atoms with E-state index in [1.165, 1.54) is 13.8 Å². The van der Waals surface area contributed by atoms with Gasteiger partial charge in [-0.25, -0.2) is 0 Å². The van der Waals surface area contributed by atoms with Crippen LogP contribution in [0.15, 0.2) is 0 Å². The largest absolute Gasteiger partial charge is 0.393 e. The van der Waals surface area contributed by atoms with Gasteiger partial charge in [0.05, 0.1) is 5.41 Å². The first-order valence-corrected chi connectivity index (χ1v) is 4.23. The molecule has 0 aromatic carbocycles. The molecule has 0 saturated carbocycles. The van der Waals surface area contributed by atoms with Crippen molar-refractivity contribution in [2.45, 2.75) is 46.7 Å². The molecule has 0 aliphatic rings. The van der Waals surface area contributed by atoms with Crippen molar-refractivity contribution < 1.29 is 13.2 Å². The summed E-state index contributed by atoms with van der Waals surface area (Å²) in [7, 11) is 0. The number of hydrogen-bond donors (Lipinski definition) is 0. The van der Waals surface area contributed by atoms with E-state index in [0.29, 0.717) is 12.3 Å². The Kier molecular flexibility index (Phi) is 3.60. The minimum Gasteiger partial charge on any atom is -0.171 e. The average molecular weight is 182 g/mol. The topological polar surface area (TPSA) is 0 Å². The summed E-state index contributed by atoms with van der Waals surface area (Å²) >= 11 is 0. The molecule has 0 heterocycles. The summed E-state index contributed by atoms with van der Waals surface area (Å²) < 4.78 is 36.9. The Morgan fingerprint density at radius 2 is 1.50 bits per heavy atom. The van der Waals surface area contributed by atoms with Crippen LogP contribution < -0.4 is 0 Å². The summed E-state index contributed by atoms with van der Waals surface area (Å²) in [5.41, 5.74) is -1.53. The maximum Gasteiger partial charge on any atom is 0.393 e. The van der Waals surface area contributed by atoms with E-state index in [1.807, 2.05) is 13.8 Å². The Hall–Kier alpha value is -0.210. The van der Waals surface area contributed by atoms with Crippen LogP contribution >= 0.6 is 0 Å². The maximum absolute atomic E-state index is 12.3. The quantitative estimate of drug-likeness (QED) is 0.618. The summed E-state index contributed by atoms with van der Waals surface area (Å²) in [6.07, 6.45) is -3.22. The maximum atomic E-state index is 12.3. The van der Waals surface area contributed by atoms with Crippen molar-refractivity contribution in [3.05, 3.63) is 0 Å². The molecule has 0 atom stereocenters. The second-order valence-corrected chi connectivity index (χ2v) is 4.31. The van der Waals surface area contributed by atoms with Crippen LogP contribution in [0.2, 0.25) is 0 Å². The van der Waals surface area contributed by atoms with Crippen LogP contribution in [0.3, 0.4) is 0 Å². The van der Waals surface area contributed by atoms with Crippen molar-refractivity contribution in [2.24, 2.45) is 11.3 Å². The fourth-order valence-electron chi connectivity index (χ4n) is 0.791. The smallest absolute Gasteiger partial charge is 0.171 e. The summed E-state index contributed by atoms with van der Waals surface area (Å²) in [6.45, 7) is 6.39. The molecule has 0 bridgehead atoms.